The number of nitrogens with zero attached hydrogens (tertiary/aromatic N) is 3. The predicted octanol–water partition coefficient (Wildman–Crippen LogP) is 5.45. The molecule has 3 aromatic rings. The fraction of sp³-hybridized carbons (Fsp3) is 0.208. The molecule has 1 N–H and O–H groups in total. The van der Waals surface area contributed by atoms with Gasteiger partial charge < -0.3 is 9.84 Å². The number of sulfonamides is 1. The zero-order valence-electron chi connectivity index (χ0n) is 19.3. The Bertz CT molecular complexity index is 1620. The van der Waals surface area contributed by atoms with Crippen LogP contribution >= 0.6 is 11.6 Å². The standard InChI is InChI=1S/C24H15ClF5N3O5S/c25-17-9-19(38-12-22(34)35)20(8-14(17)15-11-32-21(24(28,29)30)7-13(15)10-31)39(36,37)33-6-5-23(26,27)16-3-1-2-4-18(16)33/h1-4,7-9,11H,5-6,12H2,(H,34,35). The molecule has 1 aromatic heterocycles. The highest BCUT2D eigenvalue weighted by Crippen LogP contribution is 2.46. The lowest BCUT2D eigenvalue weighted by Gasteiger charge is -2.35. The molecule has 15 heteroatoms. The topological polar surface area (TPSA) is 121 Å². The zero-order valence-corrected chi connectivity index (χ0v) is 20.9. The molecule has 39 heavy (non-hydrogen) atoms. The lowest BCUT2D eigenvalue weighted by atomic mass is 10.00. The predicted molar refractivity (Wildman–Crippen MR) is 127 cm³/mol. The second-order valence-electron chi connectivity index (χ2n) is 8.23. The summed E-state index contributed by atoms with van der Waals surface area (Å²) in [7, 11) is -4.76. The molecular weight excluding hydrogens is 573 g/mol. The van der Waals surface area contributed by atoms with E-state index in [9.17, 15) is 40.4 Å². The molecule has 0 bridgehead atoms. The van der Waals surface area contributed by atoms with E-state index in [0.29, 0.717) is 16.6 Å². The minimum atomic E-state index is -4.87. The summed E-state index contributed by atoms with van der Waals surface area (Å²) >= 11 is 6.27. The van der Waals surface area contributed by atoms with Crippen molar-refractivity contribution in [3.63, 3.8) is 0 Å². The van der Waals surface area contributed by atoms with Gasteiger partial charge in [0, 0.05) is 41.9 Å². The number of alkyl halides is 5. The number of carboxylic acids is 1. The third-order valence-electron chi connectivity index (χ3n) is 5.75. The molecule has 0 amide bonds. The summed E-state index contributed by atoms with van der Waals surface area (Å²) in [6.45, 7) is -1.66. The minimum Gasteiger partial charge on any atom is -0.480 e. The number of nitriles is 1. The van der Waals surface area contributed by atoms with Crippen LogP contribution in [0.5, 0.6) is 5.75 Å². The van der Waals surface area contributed by atoms with Crippen molar-refractivity contribution >= 4 is 33.3 Å². The number of ether oxygens (including phenoxy) is 1. The van der Waals surface area contributed by atoms with Crippen LogP contribution in [-0.4, -0.2) is 37.6 Å². The van der Waals surface area contributed by atoms with Gasteiger partial charge in [0.1, 0.15) is 16.3 Å². The molecule has 0 radical (unpaired) electrons. The van der Waals surface area contributed by atoms with Crippen molar-refractivity contribution in [3.05, 3.63) is 70.5 Å². The Hall–Kier alpha value is -3.96. The Balaban J connectivity index is 1.94. The monoisotopic (exact) mass is 587 g/mol. The first-order valence-corrected chi connectivity index (χ1v) is 12.6. The highest BCUT2D eigenvalue weighted by molar-refractivity contribution is 7.93. The van der Waals surface area contributed by atoms with Crippen LogP contribution < -0.4 is 9.04 Å². The summed E-state index contributed by atoms with van der Waals surface area (Å²) in [5.41, 5.74) is -3.30. The number of benzene rings is 2. The number of hydrogen-bond donors (Lipinski definition) is 1. The van der Waals surface area contributed by atoms with Gasteiger partial charge in [-0.3, -0.25) is 9.29 Å². The second-order valence-corrected chi connectivity index (χ2v) is 10.5. The van der Waals surface area contributed by atoms with Crippen molar-refractivity contribution in [2.45, 2.75) is 23.4 Å². The Morgan fingerprint density at radius 1 is 1.21 bits per heavy atom. The minimum absolute atomic E-state index is 0.244. The summed E-state index contributed by atoms with van der Waals surface area (Å²) in [6.07, 6.45) is -5.05. The van der Waals surface area contributed by atoms with E-state index in [1.807, 2.05) is 0 Å². The van der Waals surface area contributed by atoms with E-state index < -0.39 is 75.1 Å². The number of hydrogen-bond acceptors (Lipinski definition) is 6. The molecular formula is C24H15ClF5N3O5S. The van der Waals surface area contributed by atoms with Gasteiger partial charge >= 0.3 is 12.1 Å². The van der Waals surface area contributed by atoms with Crippen LogP contribution in [0.4, 0.5) is 27.6 Å². The van der Waals surface area contributed by atoms with Gasteiger partial charge in [-0.15, -0.1) is 0 Å². The van der Waals surface area contributed by atoms with E-state index in [0.717, 1.165) is 18.2 Å². The average Bonchev–Trinajstić information content (AvgIpc) is 2.86. The summed E-state index contributed by atoms with van der Waals surface area (Å²) in [5, 5.41) is 18.2. The lowest BCUT2D eigenvalue weighted by molar-refractivity contribution is -0.141. The summed E-state index contributed by atoms with van der Waals surface area (Å²) < 4.78 is 102. The molecule has 2 aromatic carbocycles. The number of aliphatic carboxylic acids is 1. The smallest absolute Gasteiger partial charge is 0.433 e. The van der Waals surface area contributed by atoms with Crippen molar-refractivity contribution in [1.29, 1.82) is 5.26 Å². The van der Waals surface area contributed by atoms with Gasteiger partial charge in [0.25, 0.3) is 15.9 Å². The molecule has 0 unspecified atom stereocenters. The number of aromatic nitrogens is 1. The van der Waals surface area contributed by atoms with Crippen LogP contribution in [0.3, 0.4) is 0 Å². The maximum absolute atomic E-state index is 14.5. The third kappa shape index (κ3) is 5.32. The maximum atomic E-state index is 14.5. The summed E-state index contributed by atoms with van der Waals surface area (Å²) in [5.74, 6) is -5.36. The Labute approximate surface area is 222 Å². The van der Waals surface area contributed by atoms with Gasteiger partial charge in [0.15, 0.2) is 6.61 Å². The van der Waals surface area contributed by atoms with Crippen LogP contribution in [0.25, 0.3) is 11.1 Å². The van der Waals surface area contributed by atoms with Crippen molar-refractivity contribution in [2.24, 2.45) is 0 Å². The quantitative estimate of drug-likeness (QED) is 0.381. The molecule has 1 aliphatic heterocycles. The highest BCUT2D eigenvalue weighted by Gasteiger charge is 2.44. The molecule has 1 aliphatic rings. The summed E-state index contributed by atoms with van der Waals surface area (Å²) in [4.78, 5) is 13.7. The second kappa shape index (κ2) is 9.97. The van der Waals surface area contributed by atoms with Crippen LogP contribution in [-0.2, 0) is 26.9 Å². The average molecular weight is 588 g/mol. The van der Waals surface area contributed by atoms with Gasteiger partial charge in [-0.2, -0.15) is 18.4 Å². The first kappa shape index (κ1) is 28.1. The molecule has 2 heterocycles. The molecule has 0 saturated carbocycles. The highest BCUT2D eigenvalue weighted by atomic mass is 35.5. The molecule has 0 saturated heterocycles. The van der Waals surface area contributed by atoms with Crippen LogP contribution in [0.1, 0.15) is 23.2 Å². The van der Waals surface area contributed by atoms with Crippen molar-refractivity contribution < 1.29 is 45.0 Å². The van der Waals surface area contributed by atoms with Crippen LogP contribution in [0, 0.1) is 11.3 Å². The number of fused-ring (bicyclic) bond motifs is 1. The van der Waals surface area contributed by atoms with Gasteiger partial charge in [-0.05, 0) is 18.2 Å². The van der Waals surface area contributed by atoms with E-state index in [4.69, 9.17) is 21.4 Å². The number of para-hydroxylation sites is 1. The number of carbonyl (C=O) groups is 1. The molecule has 8 nitrogen and oxygen atoms in total. The molecule has 0 aliphatic carbocycles. The SMILES string of the molecule is N#Cc1cc(C(F)(F)F)ncc1-c1cc(S(=O)(=O)N2CCC(F)(F)c3ccccc32)c(OCC(=O)O)cc1Cl. The van der Waals surface area contributed by atoms with Crippen LogP contribution in [0.2, 0.25) is 5.02 Å². The fourth-order valence-corrected chi connectivity index (χ4v) is 5.86. The molecule has 204 valence electrons. The molecule has 0 fully saturated rings. The number of carboxylic acid groups (broad SMARTS) is 1. The third-order valence-corrected chi connectivity index (χ3v) is 7.90. The van der Waals surface area contributed by atoms with Crippen molar-refractivity contribution in [2.75, 3.05) is 17.5 Å². The largest absolute Gasteiger partial charge is 0.480 e. The van der Waals surface area contributed by atoms with E-state index in [1.54, 1.807) is 6.07 Å². The number of halogens is 6. The van der Waals surface area contributed by atoms with E-state index in [-0.39, 0.29) is 21.8 Å². The maximum Gasteiger partial charge on any atom is 0.433 e. The fourth-order valence-electron chi connectivity index (χ4n) is 3.98. The first-order valence-electron chi connectivity index (χ1n) is 10.8. The molecule has 0 spiro atoms. The van der Waals surface area contributed by atoms with Crippen LogP contribution in [0.15, 0.2) is 53.6 Å². The Morgan fingerprint density at radius 2 is 1.90 bits per heavy atom. The Kier molecular flexibility index (Phi) is 7.18. The van der Waals surface area contributed by atoms with Gasteiger partial charge in [0.05, 0.1) is 22.3 Å². The normalized spacial score (nSPS) is 14.8. The van der Waals surface area contributed by atoms with Crippen molar-refractivity contribution in [3.8, 4) is 22.9 Å². The number of anilines is 1. The molecule has 0 atom stereocenters. The van der Waals surface area contributed by atoms with E-state index in [1.165, 1.54) is 18.2 Å². The zero-order chi connectivity index (χ0) is 28.8. The lowest BCUT2D eigenvalue weighted by Crippen LogP contribution is -2.40. The number of pyridine rings is 1. The molecule has 4 rings (SSSR count). The van der Waals surface area contributed by atoms with Crippen molar-refractivity contribution in [1.82, 2.24) is 4.98 Å². The number of rotatable bonds is 6. The Morgan fingerprint density at radius 3 is 2.54 bits per heavy atom. The van der Waals surface area contributed by atoms with E-state index >= 15 is 0 Å². The summed E-state index contributed by atoms with van der Waals surface area (Å²) in [6, 6.07) is 8.72. The van der Waals surface area contributed by atoms with E-state index in [2.05, 4.69) is 4.98 Å². The van der Waals surface area contributed by atoms with Gasteiger partial charge in [0.2, 0.25) is 0 Å². The first-order chi connectivity index (χ1) is 18.2. The van der Waals surface area contributed by atoms with Gasteiger partial charge in [-0.1, -0.05) is 29.8 Å². The van der Waals surface area contributed by atoms with Gasteiger partial charge in [-0.25, -0.2) is 22.0 Å².